The third-order valence-electron chi connectivity index (χ3n) is 3.51. The monoisotopic (exact) mass is 272 g/mol. The number of anilines is 1. The molecule has 1 aliphatic heterocycles. The third kappa shape index (κ3) is 4.05. The molecule has 1 aromatic carbocycles. The Balaban J connectivity index is 1.86. The van der Waals surface area contributed by atoms with Crippen LogP contribution in [0, 0.1) is 11.3 Å². The van der Waals surface area contributed by atoms with Gasteiger partial charge in [-0.2, -0.15) is 5.26 Å². The van der Waals surface area contributed by atoms with Gasteiger partial charge in [0.1, 0.15) is 0 Å². The molecule has 0 bridgehead atoms. The van der Waals surface area contributed by atoms with Gasteiger partial charge in [0.05, 0.1) is 19.0 Å². The maximum Gasteiger partial charge on any atom is 0.238 e. The molecule has 1 fully saturated rings. The summed E-state index contributed by atoms with van der Waals surface area (Å²) in [6, 6.07) is 9.90. The molecule has 0 spiro atoms. The van der Waals surface area contributed by atoms with E-state index in [0.29, 0.717) is 19.0 Å². The number of rotatable bonds is 4. The minimum atomic E-state index is 0.00628. The number of amides is 1. The minimum Gasteiger partial charge on any atom is -0.325 e. The Kier molecular flexibility index (Phi) is 5.10. The normalized spacial score (nSPS) is 19.3. The van der Waals surface area contributed by atoms with Gasteiger partial charge in [0, 0.05) is 31.4 Å². The van der Waals surface area contributed by atoms with Gasteiger partial charge < -0.3 is 10.6 Å². The van der Waals surface area contributed by atoms with Gasteiger partial charge in [-0.25, -0.2) is 0 Å². The zero-order valence-electron chi connectivity index (χ0n) is 11.7. The lowest BCUT2D eigenvalue weighted by Crippen LogP contribution is -2.51. The van der Waals surface area contributed by atoms with Crippen molar-refractivity contribution < 1.29 is 4.79 Å². The summed E-state index contributed by atoms with van der Waals surface area (Å²) in [5, 5.41) is 14.8. The molecule has 0 aromatic heterocycles. The molecule has 1 aliphatic rings. The van der Waals surface area contributed by atoms with Crippen LogP contribution in [0.5, 0.6) is 0 Å². The van der Waals surface area contributed by atoms with Crippen LogP contribution in [0.2, 0.25) is 0 Å². The molecular formula is C15H20N4O. The minimum absolute atomic E-state index is 0.00628. The predicted molar refractivity (Wildman–Crippen MR) is 78.3 cm³/mol. The van der Waals surface area contributed by atoms with E-state index in [2.05, 4.69) is 28.5 Å². The van der Waals surface area contributed by atoms with Crippen molar-refractivity contribution in [1.82, 2.24) is 10.2 Å². The topological polar surface area (TPSA) is 68.2 Å². The molecule has 0 unspecified atom stereocenters. The van der Waals surface area contributed by atoms with Gasteiger partial charge in [-0.15, -0.1) is 0 Å². The Morgan fingerprint density at radius 2 is 2.25 bits per heavy atom. The van der Waals surface area contributed by atoms with E-state index < -0.39 is 0 Å². The Labute approximate surface area is 119 Å². The van der Waals surface area contributed by atoms with Crippen LogP contribution in [0.1, 0.15) is 12.5 Å². The predicted octanol–water partition coefficient (Wildman–Crippen LogP) is 0.985. The van der Waals surface area contributed by atoms with Gasteiger partial charge in [0.15, 0.2) is 0 Å². The largest absolute Gasteiger partial charge is 0.325 e. The average Bonchev–Trinajstić information content (AvgIpc) is 2.44. The highest BCUT2D eigenvalue weighted by Crippen LogP contribution is 2.10. The number of nitrogens with zero attached hydrogens (tertiary/aromatic N) is 2. The van der Waals surface area contributed by atoms with Gasteiger partial charge in [-0.3, -0.25) is 9.69 Å². The zero-order valence-corrected chi connectivity index (χ0v) is 11.7. The SMILES string of the molecule is C[C@H]1CNCCN1CC(=O)Nc1ccc(CC#N)cc1. The number of benzene rings is 1. The van der Waals surface area contributed by atoms with Crippen molar-refractivity contribution in [3.05, 3.63) is 29.8 Å². The first kappa shape index (κ1) is 14.5. The van der Waals surface area contributed by atoms with Crippen molar-refractivity contribution in [3.8, 4) is 6.07 Å². The van der Waals surface area contributed by atoms with E-state index in [-0.39, 0.29) is 5.91 Å². The first-order valence-corrected chi connectivity index (χ1v) is 6.89. The highest BCUT2D eigenvalue weighted by Gasteiger charge is 2.20. The van der Waals surface area contributed by atoms with E-state index in [1.807, 2.05) is 24.3 Å². The summed E-state index contributed by atoms with van der Waals surface area (Å²) in [4.78, 5) is 14.2. The zero-order chi connectivity index (χ0) is 14.4. The lowest BCUT2D eigenvalue weighted by Gasteiger charge is -2.33. The average molecular weight is 272 g/mol. The molecule has 1 heterocycles. The van der Waals surface area contributed by atoms with Crippen molar-refractivity contribution in [3.63, 3.8) is 0 Å². The van der Waals surface area contributed by atoms with Crippen molar-refractivity contribution >= 4 is 11.6 Å². The van der Waals surface area contributed by atoms with E-state index in [4.69, 9.17) is 5.26 Å². The molecule has 0 saturated carbocycles. The molecule has 1 aromatic rings. The molecule has 2 N–H and O–H groups in total. The van der Waals surface area contributed by atoms with Gasteiger partial charge in [0.2, 0.25) is 5.91 Å². The number of hydrogen-bond donors (Lipinski definition) is 2. The molecule has 1 atom stereocenters. The van der Waals surface area contributed by atoms with E-state index in [1.165, 1.54) is 0 Å². The van der Waals surface area contributed by atoms with Crippen molar-refractivity contribution in [1.29, 1.82) is 5.26 Å². The van der Waals surface area contributed by atoms with Crippen LogP contribution in [-0.2, 0) is 11.2 Å². The summed E-state index contributed by atoms with van der Waals surface area (Å²) in [7, 11) is 0. The number of hydrogen-bond acceptors (Lipinski definition) is 4. The Morgan fingerprint density at radius 1 is 1.50 bits per heavy atom. The second kappa shape index (κ2) is 7.04. The number of piperazine rings is 1. The molecular weight excluding hydrogens is 252 g/mol. The maximum absolute atomic E-state index is 12.0. The smallest absolute Gasteiger partial charge is 0.238 e. The molecule has 1 saturated heterocycles. The molecule has 20 heavy (non-hydrogen) atoms. The third-order valence-corrected chi connectivity index (χ3v) is 3.51. The van der Waals surface area contributed by atoms with Gasteiger partial charge in [0.25, 0.3) is 0 Å². The van der Waals surface area contributed by atoms with E-state index in [9.17, 15) is 4.79 Å². The van der Waals surface area contributed by atoms with Crippen LogP contribution in [-0.4, -0.2) is 43.0 Å². The van der Waals surface area contributed by atoms with Gasteiger partial charge in [-0.1, -0.05) is 12.1 Å². The summed E-state index contributed by atoms with van der Waals surface area (Å²) in [6.07, 6.45) is 0.395. The second-order valence-electron chi connectivity index (χ2n) is 5.10. The summed E-state index contributed by atoms with van der Waals surface area (Å²) in [5.74, 6) is 0.00628. The van der Waals surface area contributed by atoms with Gasteiger partial charge in [-0.05, 0) is 24.6 Å². The fourth-order valence-corrected chi connectivity index (χ4v) is 2.30. The molecule has 0 radical (unpaired) electrons. The van der Waals surface area contributed by atoms with Gasteiger partial charge >= 0.3 is 0 Å². The van der Waals surface area contributed by atoms with Crippen molar-refractivity contribution in [2.45, 2.75) is 19.4 Å². The molecule has 106 valence electrons. The van der Waals surface area contributed by atoms with Crippen LogP contribution >= 0.6 is 0 Å². The summed E-state index contributed by atoms with van der Waals surface area (Å²) in [5.41, 5.74) is 1.74. The molecule has 0 aliphatic carbocycles. The summed E-state index contributed by atoms with van der Waals surface area (Å²) in [6.45, 7) is 5.30. The highest BCUT2D eigenvalue weighted by molar-refractivity contribution is 5.92. The maximum atomic E-state index is 12.0. The Hall–Kier alpha value is -1.90. The molecule has 2 rings (SSSR count). The first-order valence-electron chi connectivity index (χ1n) is 6.89. The highest BCUT2D eigenvalue weighted by atomic mass is 16.2. The van der Waals surface area contributed by atoms with Crippen LogP contribution in [0.4, 0.5) is 5.69 Å². The lowest BCUT2D eigenvalue weighted by molar-refractivity contribution is -0.118. The first-order chi connectivity index (χ1) is 9.69. The van der Waals surface area contributed by atoms with E-state index >= 15 is 0 Å². The molecule has 5 heteroatoms. The molecule has 5 nitrogen and oxygen atoms in total. The quantitative estimate of drug-likeness (QED) is 0.857. The number of carbonyl (C=O) groups excluding carboxylic acids is 1. The van der Waals surface area contributed by atoms with Crippen LogP contribution < -0.4 is 10.6 Å². The number of carbonyl (C=O) groups is 1. The van der Waals surface area contributed by atoms with Crippen molar-refractivity contribution in [2.75, 3.05) is 31.5 Å². The standard InChI is InChI=1S/C15H20N4O/c1-12-10-17-8-9-19(12)11-15(20)18-14-4-2-13(3-5-14)6-7-16/h2-5,12,17H,6,8-11H2,1H3,(H,18,20)/t12-/m0/s1. The Morgan fingerprint density at radius 3 is 2.90 bits per heavy atom. The van der Waals surface area contributed by atoms with Crippen molar-refractivity contribution in [2.24, 2.45) is 0 Å². The fourth-order valence-electron chi connectivity index (χ4n) is 2.30. The number of nitrogens with one attached hydrogen (secondary N) is 2. The van der Waals surface area contributed by atoms with E-state index in [1.54, 1.807) is 0 Å². The van der Waals surface area contributed by atoms with Crippen LogP contribution in [0.3, 0.4) is 0 Å². The lowest BCUT2D eigenvalue weighted by atomic mass is 10.1. The van der Waals surface area contributed by atoms with Crippen LogP contribution in [0.25, 0.3) is 0 Å². The van der Waals surface area contributed by atoms with Crippen LogP contribution in [0.15, 0.2) is 24.3 Å². The van der Waals surface area contributed by atoms with E-state index in [0.717, 1.165) is 30.9 Å². The second-order valence-corrected chi connectivity index (χ2v) is 5.10. The summed E-state index contributed by atoms with van der Waals surface area (Å²) >= 11 is 0. The fraction of sp³-hybridized carbons (Fsp3) is 0.467. The Bertz CT molecular complexity index is 492. The summed E-state index contributed by atoms with van der Waals surface area (Å²) < 4.78 is 0. The molecule has 1 amide bonds. The number of nitriles is 1.